The number of amides is 1. The van der Waals surface area contributed by atoms with Gasteiger partial charge in [0.2, 0.25) is 0 Å². The molecule has 0 atom stereocenters. The zero-order chi connectivity index (χ0) is 26.7. The van der Waals surface area contributed by atoms with E-state index in [1.165, 1.54) is 22.6 Å². The molecule has 0 aliphatic rings. The quantitative estimate of drug-likeness (QED) is 0.203. The Morgan fingerprint density at radius 1 is 0.971 bits per heavy atom. The number of carbonyl (C=O) groups is 2. The SMILES string of the molecule is O=C(Nc1ccc(C(=O)OC(CS(=O)(=O)[O-])(C(F)(F)F)C(F)(F)F)cc1I)OCc1ccccc1. The van der Waals surface area contributed by atoms with Crippen molar-refractivity contribution < 1.29 is 58.4 Å². The average Bonchev–Trinajstić information content (AvgIpc) is 2.71. The largest absolute Gasteiger partial charge is 0.748 e. The van der Waals surface area contributed by atoms with Crippen LogP contribution in [0.3, 0.4) is 0 Å². The lowest BCUT2D eigenvalue weighted by atomic mass is 10.1. The summed E-state index contributed by atoms with van der Waals surface area (Å²) in [4.78, 5) is 24.1. The molecule has 2 rings (SSSR count). The van der Waals surface area contributed by atoms with Crippen molar-refractivity contribution in [3.05, 3.63) is 63.2 Å². The van der Waals surface area contributed by atoms with E-state index in [-0.39, 0.29) is 15.9 Å². The van der Waals surface area contributed by atoms with Crippen molar-refractivity contribution in [1.82, 2.24) is 0 Å². The summed E-state index contributed by atoms with van der Waals surface area (Å²) in [6.07, 6.45) is -13.9. The minimum atomic E-state index is -6.49. The van der Waals surface area contributed by atoms with Gasteiger partial charge in [0.05, 0.1) is 27.1 Å². The van der Waals surface area contributed by atoms with E-state index in [2.05, 4.69) is 10.1 Å². The van der Waals surface area contributed by atoms with Crippen molar-refractivity contribution in [1.29, 1.82) is 0 Å². The van der Waals surface area contributed by atoms with Crippen LogP contribution in [0, 0.1) is 3.57 Å². The highest BCUT2D eigenvalue weighted by Crippen LogP contribution is 2.47. The first-order valence-corrected chi connectivity index (χ1v) is 11.7. The number of ether oxygens (including phenoxy) is 2. The summed E-state index contributed by atoms with van der Waals surface area (Å²) in [6.45, 7) is -0.104. The highest BCUT2D eigenvalue weighted by Gasteiger charge is 2.75. The van der Waals surface area contributed by atoms with Gasteiger partial charge in [0.25, 0.3) is 0 Å². The van der Waals surface area contributed by atoms with Gasteiger partial charge in [-0.15, -0.1) is 0 Å². The molecule has 0 spiro atoms. The third-order valence-corrected chi connectivity index (χ3v) is 5.87. The van der Waals surface area contributed by atoms with E-state index in [1.54, 1.807) is 30.3 Å². The van der Waals surface area contributed by atoms with Crippen molar-refractivity contribution in [3.63, 3.8) is 0 Å². The minimum Gasteiger partial charge on any atom is -0.748 e. The van der Waals surface area contributed by atoms with E-state index in [0.29, 0.717) is 5.56 Å². The Kier molecular flexibility index (Phi) is 8.65. The molecule has 0 aromatic heterocycles. The molecule has 0 aliphatic carbocycles. The van der Waals surface area contributed by atoms with Crippen LogP contribution in [0.1, 0.15) is 15.9 Å². The van der Waals surface area contributed by atoms with Crippen LogP contribution < -0.4 is 5.32 Å². The van der Waals surface area contributed by atoms with Gasteiger partial charge in [0.1, 0.15) is 6.61 Å². The molecule has 8 nitrogen and oxygen atoms in total. The molecule has 0 saturated carbocycles. The van der Waals surface area contributed by atoms with Gasteiger partial charge in [0.15, 0.2) is 0 Å². The summed E-state index contributed by atoms with van der Waals surface area (Å²) in [5.74, 6) is -5.32. The number of hydrogen-bond donors (Lipinski definition) is 1. The van der Waals surface area contributed by atoms with Crippen molar-refractivity contribution >= 4 is 50.5 Å². The Bertz CT molecular complexity index is 1170. The Morgan fingerprint density at radius 2 is 1.54 bits per heavy atom. The Labute approximate surface area is 207 Å². The molecular formula is C19H13F6INO7S-. The molecule has 35 heavy (non-hydrogen) atoms. The van der Waals surface area contributed by atoms with Crippen molar-refractivity contribution in [2.75, 3.05) is 11.1 Å². The molecule has 2 aromatic carbocycles. The summed E-state index contributed by atoms with van der Waals surface area (Å²) in [6, 6.07) is 11.0. The topological polar surface area (TPSA) is 122 Å². The average molecular weight is 640 g/mol. The summed E-state index contributed by atoms with van der Waals surface area (Å²) < 4.78 is 121. The molecule has 0 radical (unpaired) electrons. The predicted molar refractivity (Wildman–Crippen MR) is 114 cm³/mol. The number of rotatable bonds is 7. The number of benzene rings is 2. The number of halogens is 7. The van der Waals surface area contributed by atoms with Crippen molar-refractivity contribution in [2.45, 2.75) is 24.6 Å². The van der Waals surface area contributed by atoms with Crippen LogP contribution in [0.2, 0.25) is 0 Å². The Hall–Kier alpha value is -2.60. The lowest BCUT2D eigenvalue weighted by Crippen LogP contribution is -2.63. The lowest BCUT2D eigenvalue weighted by molar-refractivity contribution is -0.356. The fourth-order valence-corrected chi connectivity index (χ4v) is 4.08. The zero-order valence-electron chi connectivity index (χ0n) is 16.9. The molecular weight excluding hydrogens is 627 g/mol. The first kappa shape index (κ1) is 28.6. The van der Waals surface area contributed by atoms with Crippen molar-refractivity contribution in [2.24, 2.45) is 0 Å². The molecule has 0 saturated heterocycles. The number of carbonyl (C=O) groups excluding carboxylic acids is 2. The number of anilines is 1. The summed E-state index contributed by atoms with van der Waals surface area (Å²) >= 11 is 1.52. The molecule has 0 bridgehead atoms. The molecule has 1 amide bonds. The first-order chi connectivity index (χ1) is 16.0. The van der Waals surface area contributed by atoms with Gasteiger partial charge < -0.3 is 14.0 Å². The van der Waals surface area contributed by atoms with Crippen molar-refractivity contribution in [3.8, 4) is 0 Å². The van der Waals surface area contributed by atoms with E-state index in [4.69, 9.17) is 4.74 Å². The van der Waals surface area contributed by atoms with E-state index in [0.717, 1.165) is 18.2 Å². The van der Waals surface area contributed by atoms with Gasteiger partial charge in [-0.05, 0) is 46.4 Å². The van der Waals surface area contributed by atoms with Gasteiger partial charge in [-0.1, -0.05) is 30.3 Å². The van der Waals surface area contributed by atoms with Crippen LogP contribution >= 0.6 is 22.6 Å². The third kappa shape index (κ3) is 7.44. The van der Waals surface area contributed by atoms with Crippen LogP contribution in [0.4, 0.5) is 36.8 Å². The summed E-state index contributed by atoms with van der Waals surface area (Å²) in [5, 5.41) is 2.27. The lowest BCUT2D eigenvalue weighted by Gasteiger charge is -2.36. The second kappa shape index (κ2) is 10.6. The van der Waals surface area contributed by atoms with Gasteiger partial charge >= 0.3 is 30.0 Å². The fraction of sp³-hybridized carbons (Fsp3) is 0.263. The standard InChI is InChI=1S/C19H14F6INO7S/c20-18(21,22)17(19(23,24)25,10-35(30,31)32)34-15(28)12-6-7-14(13(26)8-12)27-16(29)33-9-11-4-2-1-3-5-11/h1-8H,9-10H2,(H,27,29)(H,30,31,32)/p-1. The highest BCUT2D eigenvalue weighted by atomic mass is 127. The molecule has 192 valence electrons. The fourth-order valence-electron chi connectivity index (χ4n) is 2.55. The van der Waals surface area contributed by atoms with Crippen LogP contribution in [-0.2, 0) is 26.2 Å². The summed E-state index contributed by atoms with van der Waals surface area (Å²) in [7, 11) is -6.16. The van der Waals surface area contributed by atoms with E-state index < -0.39 is 51.5 Å². The molecule has 0 fully saturated rings. The monoisotopic (exact) mass is 640 g/mol. The van der Waals surface area contributed by atoms with Gasteiger partial charge in [0, 0.05) is 3.57 Å². The van der Waals surface area contributed by atoms with Gasteiger partial charge in [-0.25, -0.2) is 18.0 Å². The van der Waals surface area contributed by atoms with Crippen LogP contribution in [0.25, 0.3) is 0 Å². The number of esters is 1. The summed E-state index contributed by atoms with van der Waals surface area (Å²) in [5.41, 5.74) is -5.80. The first-order valence-electron chi connectivity index (χ1n) is 9.03. The van der Waals surface area contributed by atoms with Crippen LogP contribution in [-0.4, -0.2) is 48.7 Å². The molecule has 0 heterocycles. The molecule has 2 aromatic rings. The van der Waals surface area contributed by atoms with Crippen LogP contribution in [0.5, 0.6) is 0 Å². The maximum Gasteiger partial charge on any atom is 0.438 e. The zero-order valence-corrected chi connectivity index (χ0v) is 19.9. The maximum absolute atomic E-state index is 13.3. The predicted octanol–water partition coefficient (Wildman–Crippen LogP) is 4.61. The number of hydrogen-bond acceptors (Lipinski definition) is 7. The van der Waals surface area contributed by atoms with Crippen LogP contribution in [0.15, 0.2) is 48.5 Å². The van der Waals surface area contributed by atoms with E-state index in [1.807, 2.05) is 0 Å². The highest BCUT2D eigenvalue weighted by molar-refractivity contribution is 14.1. The van der Waals surface area contributed by atoms with E-state index >= 15 is 0 Å². The smallest absolute Gasteiger partial charge is 0.438 e. The Morgan fingerprint density at radius 3 is 2.03 bits per heavy atom. The maximum atomic E-state index is 13.3. The molecule has 0 aliphatic heterocycles. The Balaban J connectivity index is 2.23. The van der Waals surface area contributed by atoms with Gasteiger partial charge in [-0.3, -0.25) is 5.32 Å². The second-order valence-electron chi connectivity index (χ2n) is 6.80. The minimum absolute atomic E-state index is 0.0137. The second-order valence-corrected chi connectivity index (χ2v) is 9.36. The van der Waals surface area contributed by atoms with Gasteiger partial charge in [-0.2, -0.15) is 26.3 Å². The molecule has 16 heteroatoms. The third-order valence-electron chi connectivity index (χ3n) is 4.22. The number of nitrogens with one attached hydrogen (secondary N) is 1. The number of alkyl halides is 6. The molecule has 1 N–H and O–H groups in total. The normalized spacial score (nSPS) is 12.7. The molecule has 0 unspecified atom stereocenters. The van der Waals surface area contributed by atoms with E-state index in [9.17, 15) is 48.9 Å².